The maximum Gasteiger partial charge on any atom is 0.198 e. The van der Waals surface area contributed by atoms with Gasteiger partial charge >= 0.3 is 0 Å². The zero-order chi connectivity index (χ0) is 11.7. The number of hydrogen-bond acceptors (Lipinski definition) is 1. The fraction of sp³-hybridized carbons (Fsp3) is 1.00. The van der Waals surface area contributed by atoms with Crippen LogP contribution in [0.3, 0.4) is 0 Å². The molecule has 1 heterocycles. The molecule has 1 unspecified atom stereocenters. The molecule has 0 spiro atoms. The molecule has 1 aliphatic rings. The summed E-state index contributed by atoms with van der Waals surface area (Å²) >= 11 is 0.815. The standard InChI is InChI=1S/C8H18OSi.2C2H5.Al/c1-4-8-6-5-7-10(2,3)9-8;2*1-2;/h8H,4-7H2,1-3H3;2*1H2,2H3;. The van der Waals surface area contributed by atoms with Crippen molar-refractivity contribution in [3.05, 3.63) is 0 Å². The van der Waals surface area contributed by atoms with Crippen molar-refractivity contribution in [3.8, 4) is 0 Å². The highest BCUT2D eigenvalue weighted by atomic mass is 28.4. The Balaban J connectivity index is 0.000000336. The lowest BCUT2D eigenvalue weighted by molar-refractivity contribution is 0.157. The molecule has 1 rings (SSSR count). The van der Waals surface area contributed by atoms with Crippen LogP contribution in [0, 0.1) is 0 Å². The SMILES string of the molecule is CCC1CCC[Si](C)(C)O1.C[CH2][Al][CH2]C. The predicted octanol–water partition coefficient (Wildman–Crippen LogP) is 4.35. The minimum atomic E-state index is -1.17. The second kappa shape index (κ2) is 8.81. The molecule has 1 saturated heterocycles. The van der Waals surface area contributed by atoms with Crippen molar-refractivity contribution < 1.29 is 4.43 Å². The first-order valence-corrected chi connectivity index (χ1v) is 11.3. The zero-order valence-corrected chi connectivity index (χ0v) is 13.5. The molecule has 0 aromatic heterocycles. The van der Waals surface area contributed by atoms with Crippen LogP contribution in [-0.2, 0) is 4.43 Å². The maximum atomic E-state index is 5.96. The van der Waals surface area contributed by atoms with Gasteiger partial charge in [-0.1, -0.05) is 27.2 Å². The molecular weight excluding hydrogens is 215 g/mol. The topological polar surface area (TPSA) is 9.23 Å². The van der Waals surface area contributed by atoms with Gasteiger partial charge < -0.3 is 4.43 Å². The van der Waals surface area contributed by atoms with Gasteiger partial charge in [0.2, 0.25) is 0 Å². The molecule has 3 heteroatoms. The van der Waals surface area contributed by atoms with E-state index in [9.17, 15) is 0 Å². The fourth-order valence-corrected chi connectivity index (χ4v) is 4.84. The molecule has 1 radical (unpaired) electrons. The normalized spacial score (nSPS) is 23.9. The molecule has 1 fully saturated rings. The Morgan fingerprint density at radius 3 is 2.07 bits per heavy atom. The first-order chi connectivity index (χ1) is 7.05. The third kappa shape index (κ3) is 8.51. The maximum absolute atomic E-state index is 5.96. The third-order valence-electron chi connectivity index (χ3n) is 2.82. The van der Waals surface area contributed by atoms with Crippen molar-refractivity contribution in [1.82, 2.24) is 0 Å². The molecule has 0 amide bonds. The molecule has 0 aromatic carbocycles. The summed E-state index contributed by atoms with van der Waals surface area (Å²) < 4.78 is 5.96. The van der Waals surface area contributed by atoms with Crippen molar-refractivity contribution in [2.75, 3.05) is 0 Å². The van der Waals surface area contributed by atoms with Crippen molar-refractivity contribution in [2.45, 2.75) is 75.8 Å². The van der Waals surface area contributed by atoms with E-state index >= 15 is 0 Å². The van der Waals surface area contributed by atoms with Gasteiger partial charge in [-0.25, -0.2) is 0 Å². The monoisotopic (exact) mass is 243 g/mol. The molecule has 15 heavy (non-hydrogen) atoms. The molecule has 0 saturated carbocycles. The minimum Gasteiger partial charge on any atom is -0.414 e. The number of rotatable bonds is 3. The largest absolute Gasteiger partial charge is 0.414 e. The summed E-state index contributed by atoms with van der Waals surface area (Å²) in [4.78, 5) is 0. The highest BCUT2D eigenvalue weighted by Crippen LogP contribution is 2.26. The summed E-state index contributed by atoms with van der Waals surface area (Å²) in [6.45, 7) is 11.4. The van der Waals surface area contributed by atoms with E-state index in [1.54, 1.807) is 0 Å². The summed E-state index contributed by atoms with van der Waals surface area (Å²) in [6.07, 6.45) is 4.50. The lowest BCUT2D eigenvalue weighted by Crippen LogP contribution is -2.39. The van der Waals surface area contributed by atoms with E-state index in [4.69, 9.17) is 4.43 Å². The molecule has 89 valence electrons. The molecule has 0 N–H and O–H groups in total. The lowest BCUT2D eigenvalue weighted by Gasteiger charge is -2.33. The summed E-state index contributed by atoms with van der Waals surface area (Å²) in [5.74, 6) is 0. The van der Waals surface area contributed by atoms with E-state index < -0.39 is 8.32 Å². The Bertz CT molecular complexity index is 149. The first kappa shape index (κ1) is 15.7. The second-order valence-electron chi connectivity index (χ2n) is 4.91. The Kier molecular flexibility index (Phi) is 9.23. The van der Waals surface area contributed by atoms with Gasteiger partial charge in [0.25, 0.3) is 0 Å². The van der Waals surface area contributed by atoms with Crippen LogP contribution in [0.2, 0.25) is 29.7 Å². The quantitative estimate of drug-likeness (QED) is 0.670. The third-order valence-corrected chi connectivity index (χ3v) is 6.51. The summed E-state index contributed by atoms with van der Waals surface area (Å²) in [5, 5.41) is 2.85. The average Bonchev–Trinajstić information content (AvgIpc) is 2.18. The van der Waals surface area contributed by atoms with Gasteiger partial charge in [-0.05, 0) is 32.0 Å². The van der Waals surface area contributed by atoms with Gasteiger partial charge in [0, 0.05) is 6.10 Å². The van der Waals surface area contributed by atoms with Gasteiger partial charge in [0.15, 0.2) is 23.5 Å². The molecule has 1 atom stereocenters. The van der Waals surface area contributed by atoms with E-state index in [1.807, 2.05) is 0 Å². The molecule has 0 bridgehead atoms. The van der Waals surface area contributed by atoms with Gasteiger partial charge in [-0.15, -0.1) is 10.6 Å². The van der Waals surface area contributed by atoms with Crippen molar-refractivity contribution in [3.63, 3.8) is 0 Å². The molecular formula is C12H28AlOSi. The van der Waals surface area contributed by atoms with Crippen molar-refractivity contribution >= 4 is 23.5 Å². The van der Waals surface area contributed by atoms with Crippen LogP contribution in [0.4, 0.5) is 0 Å². The molecule has 1 nitrogen and oxygen atoms in total. The molecule has 0 aromatic rings. The van der Waals surface area contributed by atoms with Crippen LogP contribution in [0.5, 0.6) is 0 Å². The van der Waals surface area contributed by atoms with Crippen LogP contribution in [0.15, 0.2) is 0 Å². The smallest absolute Gasteiger partial charge is 0.198 e. The van der Waals surface area contributed by atoms with Crippen LogP contribution in [0.25, 0.3) is 0 Å². The van der Waals surface area contributed by atoms with Gasteiger partial charge in [0.1, 0.15) is 0 Å². The summed E-state index contributed by atoms with van der Waals surface area (Å²) in [7, 11) is -1.17. The van der Waals surface area contributed by atoms with Gasteiger partial charge in [0.05, 0.1) is 0 Å². The predicted molar refractivity (Wildman–Crippen MR) is 73.4 cm³/mol. The average molecular weight is 243 g/mol. The minimum absolute atomic E-state index is 0.593. The van der Waals surface area contributed by atoms with Crippen LogP contribution >= 0.6 is 0 Å². The van der Waals surface area contributed by atoms with E-state index in [1.165, 1.54) is 35.9 Å². The van der Waals surface area contributed by atoms with Gasteiger partial charge in [-0.2, -0.15) is 0 Å². The molecule has 1 aliphatic heterocycles. The lowest BCUT2D eigenvalue weighted by atomic mass is 10.2. The van der Waals surface area contributed by atoms with E-state index in [0.717, 1.165) is 15.2 Å². The fourth-order valence-electron chi connectivity index (χ4n) is 1.90. The van der Waals surface area contributed by atoms with Crippen LogP contribution < -0.4 is 0 Å². The Morgan fingerprint density at radius 1 is 1.20 bits per heavy atom. The van der Waals surface area contributed by atoms with Crippen molar-refractivity contribution in [1.29, 1.82) is 0 Å². The Labute approximate surface area is 104 Å². The van der Waals surface area contributed by atoms with Crippen molar-refractivity contribution in [2.24, 2.45) is 0 Å². The van der Waals surface area contributed by atoms with E-state index in [2.05, 4.69) is 33.9 Å². The molecule has 0 aliphatic carbocycles. The Hall–Kier alpha value is 0.709. The van der Waals surface area contributed by atoms with Crippen LogP contribution in [-0.4, -0.2) is 29.6 Å². The summed E-state index contributed by atoms with van der Waals surface area (Å²) in [5.41, 5.74) is 0. The van der Waals surface area contributed by atoms with E-state index in [-0.39, 0.29) is 0 Å². The second-order valence-corrected chi connectivity index (χ2v) is 11.4. The summed E-state index contributed by atoms with van der Waals surface area (Å²) in [6, 6.07) is 1.36. The number of hydrogen-bond donors (Lipinski definition) is 0. The highest BCUT2D eigenvalue weighted by molar-refractivity contribution is 6.71. The van der Waals surface area contributed by atoms with Gasteiger partial charge in [-0.3, -0.25) is 0 Å². The van der Waals surface area contributed by atoms with Crippen LogP contribution in [0.1, 0.15) is 40.0 Å². The first-order valence-electron chi connectivity index (χ1n) is 6.55. The zero-order valence-electron chi connectivity index (χ0n) is 11.3. The Morgan fingerprint density at radius 2 is 1.80 bits per heavy atom. The van der Waals surface area contributed by atoms with E-state index in [0.29, 0.717) is 6.10 Å². The highest BCUT2D eigenvalue weighted by Gasteiger charge is 2.29.